The van der Waals surface area contributed by atoms with Crippen molar-refractivity contribution in [3.63, 3.8) is 0 Å². The van der Waals surface area contributed by atoms with Crippen molar-refractivity contribution in [1.82, 2.24) is 30.1 Å². The fourth-order valence-electron chi connectivity index (χ4n) is 8.50. The summed E-state index contributed by atoms with van der Waals surface area (Å²) in [5.74, 6) is 1.77. The number of benzene rings is 4. The lowest BCUT2D eigenvalue weighted by Crippen LogP contribution is -2.49. The molecular weight excluding hydrogens is 928 g/mol. The molecule has 0 radical (unpaired) electrons. The van der Waals surface area contributed by atoms with Gasteiger partial charge in [-0.2, -0.15) is 10.2 Å². The number of carbonyl (C=O) groups is 4. The van der Waals surface area contributed by atoms with Crippen molar-refractivity contribution in [3.8, 4) is 5.75 Å². The fraction of sp³-hybridized carbons (Fsp3) is 0.275. The Bertz CT molecular complexity index is 2950. The molecule has 3 aliphatic heterocycles. The molecule has 0 spiro atoms. The fourth-order valence-corrected chi connectivity index (χ4v) is 9.49. The average molecular weight is 980 g/mol. The number of amides is 4. The van der Waals surface area contributed by atoms with Gasteiger partial charge in [-0.25, -0.2) is 15.0 Å². The summed E-state index contributed by atoms with van der Waals surface area (Å²) in [5, 5.41) is 21.6. The molecule has 9 rings (SSSR count). The minimum atomic E-state index is -0.586. The molecule has 2 fully saturated rings. The number of allylic oxidation sites excluding steroid dienone is 1. The maximum absolute atomic E-state index is 13.3. The monoisotopic (exact) mass is 978 g/mol. The molecule has 70 heavy (non-hydrogen) atoms. The van der Waals surface area contributed by atoms with Crippen LogP contribution < -0.4 is 30.9 Å². The van der Waals surface area contributed by atoms with E-state index in [1.165, 1.54) is 17.5 Å². The van der Waals surface area contributed by atoms with E-state index in [1.807, 2.05) is 56.3 Å². The number of fused-ring (bicyclic) bond motifs is 1. The second kappa shape index (κ2) is 21.4. The van der Waals surface area contributed by atoms with E-state index in [1.54, 1.807) is 53.4 Å². The first-order chi connectivity index (χ1) is 33.9. The molecule has 2 saturated heterocycles. The molecule has 0 aliphatic carbocycles. The Balaban J connectivity index is 0.676. The molecule has 19 heteroatoms. The summed E-state index contributed by atoms with van der Waals surface area (Å²) in [6, 6.07) is 26.2. The van der Waals surface area contributed by atoms with E-state index in [4.69, 9.17) is 21.3 Å². The van der Waals surface area contributed by atoms with E-state index in [0.717, 1.165) is 62.7 Å². The molecule has 17 nitrogen and oxygen atoms in total. The summed E-state index contributed by atoms with van der Waals surface area (Å²) < 4.78 is 6.02. The van der Waals surface area contributed by atoms with E-state index < -0.39 is 6.04 Å². The highest BCUT2D eigenvalue weighted by molar-refractivity contribution is 7.17. The van der Waals surface area contributed by atoms with Crippen LogP contribution in [0.15, 0.2) is 120 Å². The zero-order chi connectivity index (χ0) is 48.7. The van der Waals surface area contributed by atoms with Crippen LogP contribution in [0.5, 0.6) is 5.75 Å². The number of thiazole rings is 1. The molecular formula is C51H51ClN12O5S. The standard InChI is InChI=1S/C51H51ClN12O5S/c1-31-8-6-10-40(52)46(31)59-49(67)43-29-53-51(70-43)58-44-28-45(56-33(3)55-44)63-25-23-62(24-26-63)22-4-5-27-69-37-19-17-36(18-20-37)61-60-35-15-13-34(14-16-35)47(65)57-41-11-7-9-38-39(41)30-64(50(38)68)42-21-12-32(2)54-48(42)66/h6-11,13-20,28-29,42H,2,4-5,12,21-27,30H2,1,3H3,(H,54,66)(H,57,65)(H,59,67)(H,53,55,56,58). The quantitative estimate of drug-likeness (QED) is 0.0532. The lowest BCUT2D eigenvalue weighted by atomic mass is 10.0. The number of halogens is 1. The van der Waals surface area contributed by atoms with E-state index in [0.29, 0.717) is 91.3 Å². The summed E-state index contributed by atoms with van der Waals surface area (Å²) >= 11 is 7.54. The molecule has 1 atom stereocenters. The first kappa shape index (κ1) is 47.5. The van der Waals surface area contributed by atoms with Crippen LogP contribution >= 0.6 is 22.9 Å². The van der Waals surface area contributed by atoms with Gasteiger partial charge in [0.15, 0.2) is 5.13 Å². The van der Waals surface area contributed by atoms with Gasteiger partial charge in [-0.15, -0.1) is 0 Å². The molecule has 5 heterocycles. The smallest absolute Gasteiger partial charge is 0.267 e. The van der Waals surface area contributed by atoms with Gasteiger partial charge in [0.1, 0.15) is 34.1 Å². The van der Waals surface area contributed by atoms with Crippen molar-refractivity contribution in [3.05, 3.63) is 147 Å². The lowest BCUT2D eigenvalue weighted by molar-refractivity contribution is -0.126. The highest BCUT2D eigenvalue weighted by Gasteiger charge is 2.39. The SMILES string of the molecule is C=C1CCC(N2Cc3c(NC(=O)c4ccc(N=Nc5ccc(OCCCCN6CCN(c7cc(Nc8ncc(C(=O)Nc9c(C)cccc9Cl)s8)nc(C)n7)CC6)cc5)cc4)cccc3C2=O)C(=O)N1. The van der Waals surface area contributed by atoms with Crippen LogP contribution in [0.1, 0.15) is 73.0 Å². The number of aryl methyl sites for hydroxylation is 2. The first-order valence-corrected chi connectivity index (χ1v) is 24.2. The number of para-hydroxylation sites is 1. The number of hydrogen-bond donors (Lipinski definition) is 4. The van der Waals surface area contributed by atoms with Gasteiger partial charge >= 0.3 is 0 Å². The van der Waals surface area contributed by atoms with Crippen LogP contribution in [0.25, 0.3) is 0 Å². The van der Waals surface area contributed by atoms with Crippen LogP contribution in [0.2, 0.25) is 5.02 Å². The average Bonchev–Trinajstić information content (AvgIpc) is 3.97. The first-order valence-electron chi connectivity index (χ1n) is 23.0. The van der Waals surface area contributed by atoms with Crippen LogP contribution in [-0.2, 0) is 11.3 Å². The Morgan fingerprint density at radius 3 is 2.39 bits per heavy atom. The van der Waals surface area contributed by atoms with Gasteiger partial charge in [0.05, 0.1) is 34.9 Å². The van der Waals surface area contributed by atoms with Crippen molar-refractivity contribution >= 4 is 86.1 Å². The number of carbonyl (C=O) groups excluding carboxylic acids is 4. The molecule has 1 unspecified atom stereocenters. The van der Waals surface area contributed by atoms with Gasteiger partial charge in [-0.05, 0) is 118 Å². The molecule has 3 aliphatic rings. The number of piperazine rings is 1. The zero-order valence-electron chi connectivity index (χ0n) is 38.7. The van der Waals surface area contributed by atoms with E-state index in [9.17, 15) is 19.2 Å². The number of hydrogen-bond acceptors (Lipinski definition) is 14. The highest BCUT2D eigenvalue weighted by atomic mass is 35.5. The van der Waals surface area contributed by atoms with Crippen molar-refractivity contribution in [1.29, 1.82) is 0 Å². The summed E-state index contributed by atoms with van der Waals surface area (Å²) in [6.07, 6.45) is 4.57. The molecule has 358 valence electrons. The Kier molecular flexibility index (Phi) is 14.5. The number of unbranched alkanes of at least 4 members (excludes halogenated alkanes) is 1. The van der Waals surface area contributed by atoms with Crippen molar-refractivity contribution in [2.24, 2.45) is 10.2 Å². The Hall–Kier alpha value is -7.54. The number of aromatic nitrogens is 3. The van der Waals surface area contributed by atoms with Gasteiger partial charge < -0.3 is 35.8 Å². The van der Waals surface area contributed by atoms with Gasteiger partial charge in [-0.1, -0.05) is 47.7 Å². The Morgan fingerprint density at radius 2 is 1.64 bits per heavy atom. The Morgan fingerprint density at radius 1 is 0.900 bits per heavy atom. The third kappa shape index (κ3) is 11.3. The molecule has 4 amide bonds. The maximum atomic E-state index is 13.3. The van der Waals surface area contributed by atoms with E-state index in [-0.39, 0.29) is 30.2 Å². The molecule has 4 aromatic carbocycles. The topological polar surface area (TPSA) is 199 Å². The second-order valence-corrected chi connectivity index (χ2v) is 18.6. The summed E-state index contributed by atoms with van der Waals surface area (Å²) in [7, 11) is 0. The number of azo groups is 1. The summed E-state index contributed by atoms with van der Waals surface area (Å²) in [5.41, 5.74) is 5.46. The van der Waals surface area contributed by atoms with E-state index in [2.05, 4.69) is 57.8 Å². The van der Waals surface area contributed by atoms with Crippen molar-refractivity contribution in [2.75, 3.05) is 60.2 Å². The molecule has 0 saturated carbocycles. The summed E-state index contributed by atoms with van der Waals surface area (Å²) in [6.45, 7) is 12.9. The highest BCUT2D eigenvalue weighted by Crippen LogP contribution is 2.34. The number of nitrogens with one attached hydrogen (secondary N) is 4. The molecule has 2 aromatic heterocycles. The van der Waals surface area contributed by atoms with Crippen molar-refractivity contribution < 1.29 is 23.9 Å². The predicted octanol–water partition coefficient (Wildman–Crippen LogP) is 9.60. The minimum Gasteiger partial charge on any atom is -0.494 e. The van der Waals surface area contributed by atoms with Gasteiger partial charge in [0.2, 0.25) is 5.91 Å². The third-order valence-electron chi connectivity index (χ3n) is 12.3. The van der Waals surface area contributed by atoms with Crippen LogP contribution in [-0.4, -0.2) is 93.8 Å². The van der Waals surface area contributed by atoms with Gasteiger partial charge in [-0.3, -0.25) is 24.1 Å². The van der Waals surface area contributed by atoms with Gasteiger partial charge in [0, 0.05) is 66.9 Å². The van der Waals surface area contributed by atoms with Crippen LogP contribution in [0, 0.1) is 13.8 Å². The van der Waals surface area contributed by atoms with E-state index >= 15 is 0 Å². The van der Waals surface area contributed by atoms with Crippen LogP contribution in [0.4, 0.5) is 39.5 Å². The number of rotatable bonds is 16. The van der Waals surface area contributed by atoms with Crippen LogP contribution in [0.3, 0.4) is 0 Å². The third-order valence-corrected chi connectivity index (χ3v) is 13.5. The second-order valence-electron chi connectivity index (χ2n) is 17.2. The number of ether oxygens (including phenoxy) is 1. The predicted molar refractivity (Wildman–Crippen MR) is 271 cm³/mol. The zero-order valence-corrected chi connectivity index (χ0v) is 40.3. The van der Waals surface area contributed by atoms with Gasteiger partial charge in [0.25, 0.3) is 17.7 Å². The largest absolute Gasteiger partial charge is 0.494 e. The lowest BCUT2D eigenvalue weighted by Gasteiger charge is -2.35. The van der Waals surface area contributed by atoms with Crippen molar-refractivity contribution in [2.45, 2.75) is 52.1 Å². The Labute approximate surface area is 414 Å². The number of nitrogens with zero attached hydrogens (tertiary/aromatic N) is 8. The summed E-state index contributed by atoms with van der Waals surface area (Å²) in [4.78, 5) is 72.5. The molecule has 6 aromatic rings. The molecule has 4 N–H and O–H groups in total. The number of piperidine rings is 1. The normalized spacial score (nSPS) is 16.0. The maximum Gasteiger partial charge on any atom is 0.267 e. The molecule has 0 bridgehead atoms. The minimum absolute atomic E-state index is 0.229. The number of anilines is 5.